The number of nitrogens with zero attached hydrogens (tertiary/aromatic N) is 5. The van der Waals surface area contributed by atoms with Gasteiger partial charge in [-0.25, -0.2) is 0 Å². The van der Waals surface area contributed by atoms with Crippen LogP contribution in [0.1, 0.15) is 40.5 Å². The summed E-state index contributed by atoms with van der Waals surface area (Å²) in [5.41, 5.74) is -0.0827. The van der Waals surface area contributed by atoms with Crippen LogP contribution in [0.2, 0.25) is 0 Å². The predicted molar refractivity (Wildman–Crippen MR) is 63.7 cm³/mol. The lowest BCUT2D eigenvalue weighted by molar-refractivity contribution is 0.0943. The van der Waals surface area contributed by atoms with Gasteiger partial charge in [-0.05, 0) is 26.7 Å². The number of hydrogen-bond donors (Lipinski definition) is 0. The van der Waals surface area contributed by atoms with E-state index in [9.17, 15) is 0 Å². The molecule has 0 aliphatic carbocycles. The highest BCUT2D eigenvalue weighted by Crippen LogP contribution is 2.33. The van der Waals surface area contributed by atoms with Gasteiger partial charge in [-0.3, -0.25) is 4.57 Å². The molecule has 0 fully saturated rings. The number of amidine groups is 1. The van der Waals surface area contributed by atoms with E-state index < -0.39 is 0 Å². The Hall–Kier alpha value is -1.39. The highest BCUT2D eigenvalue weighted by molar-refractivity contribution is 5.83. The van der Waals surface area contributed by atoms with E-state index in [1.54, 1.807) is 6.33 Å². The normalized spacial score (nSPS) is 24.2. The van der Waals surface area contributed by atoms with Gasteiger partial charge in [0.2, 0.25) is 0 Å². The fourth-order valence-corrected chi connectivity index (χ4v) is 2.32. The molecule has 16 heavy (non-hydrogen) atoms. The zero-order valence-corrected chi connectivity index (χ0v) is 10.4. The molecule has 0 radical (unpaired) electrons. The lowest BCUT2D eigenvalue weighted by atomic mass is 10.1. The van der Waals surface area contributed by atoms with Gasteiger partial charge in [0.1, 0.15) is 17.8 Å². The first-order valence-electron chi connectivity index (χ1n) is 5.87. The van der Waals surface area contributed by atoms with Gasteiger partial charge in [0.05, 0.1) is 0 Å². The highest BCUT2D eigenvalue weighted by atomic mass is 15.5. The highest BCUT2D eigenvalue weighted by Gasteiger charge is 2.37. The second-order valence-electron chi connectivity index (χ2n) is 4.38. The second kappa shape index (κ2) is 3.88. The molecule has 0 spiro atoms. The van der Waals surface area contributed by atoms with E-state index in [0.29, 0.717) is 5.95 Å². The topological polar surface area (TPSA) is 46.3 Å². The Balaban J connectivity index is 2.50. The molecule has 0 saturated heterocycles. The summed E-state index contributed by atoms with van der Waals surface area (Å²) in [6.07, 6.45) is 3.89. The fraction of sp³-hybridized carbons (Fsp3) is 0.727. The predicted octanol–water partition coefficient (Wildman–Crippen LogP) is 2.14. The Morgan fingerprint density at radius 2 is 2.12 bits per heavy atom. The molecule has 1 atom stereocenters. The molecular weight excluding hydrogens is 202 g/mol. The number of aromatic nitrogens is 3. The molecule has 5 nitrogen and oxygen atoms in total. The average molecular weight is 221 g/mol. The Morgan fingerprint density at radius 1 is 1.38 bits per heavy atom. The van der Waals surface area contributed by atoms with Crippen molar-refractivity contribution in [1.29, 1.82) is 0 Å². The van der Waals surface area contributed by atoms with Crippen LogP contribution in [0, 0.1) is 0 Å². The third kappa shape index (κ3) is 1.42. The van der Waals surface area contributed by atoms with Crippen molar-refractivity contribution in [3.63, 3.8) is 0 Å². The average Bonchev–Trinajstić information content (AvgIpc) is 2.72. The van der Waals surface area contributed by atoms with Gasteiger partial charge < -0.3 is 4.90 Å². The van der Waals surface area contributed by atoms with Gasteiger partial charge in [-0.1, -0.05) is 13.8 Å². The summed E-state index contributed by atoms with van der Waals surface area (Å²) in [4.78, 5) is 6.82. The number of hydrogen-bond acceptors (Lipinski definition) is 4. The Labute approximate surface area is 96.2 Å². The van der Waals surface area contributed by atoms with Crippen molar-refractivity contribution < 1.29 is 0 Å². The van der Waals surface area contributed by atoms with Gasteiger partial charge in [0.25, 0.3) is 5.95 Å². The van der Waals surface area contributed by atoms with Gasteiger partial charge >= 0.3 is 0 Å². The smallest absolute Gasteiger partial charge is 0.254 e. The summed E-state index contributed by atoms with van der Waals surface area (Å²) in [6, 6.07) is 0. The molecule has 1 aromatic heterocycles. The van der Waals surface area contributed by atoms with Crippen molar-refractivity contribution in [2.75, 3.05) is 6.54 Å². The molecule has 5 heteroatoms. The van der Waals surface area contributed by atoms with Crippen LogP contribution in [-0.4, -0.2) is 32.0 Å². The van der Waals surface area contributed by atoms with Crippen LogP contribution >= 0.6 is 0 Å². The van der Waals surface area contributed by atoms with Crippen LogP contribution < -0.4 is 0 Å². The maximum atomic E-state index is 4.48. The molecule has 0 N–H and O–H groups in total. The maximum absolute atomic E-state index is 4.48. The zero-order chi connectivity index (χ0) is 11.8. The van der Waals surface area contributed by atoms with Crippen molar-refractivity contribution >= 4 is 11.8 Å². The van der Waals surface area contributed by atoms with Crippen LogP contribution in [0.3, 0.4) is 0 Å². The monoisotopic (exact) mass is 221 g/mol. The van der Waals surface area contributed by atoms with E-state index >= 15 is 0 Å². The summed E-state index contributed by atoms with van der Waals surface area (Å²) >= 11 is 0. The van der Waals surface area contributed by atoms with Crippen molar-refractivity contribution in [2.45, 2.75) is 46.2 Å². The third-order valence-corrected chi connectivity index (χ3v) is 3.40. The molecule has 0 bridgehead atoms. The lowest BCUT2D eigenvalue weighted by Gasteiger charge is -2.45. The molecule has 0 amide bonds. The molecule has 88 valence electrons. The van der Waals surface area contributed by atoms with Gasteiger partial charge in [0.15, 0.2) is 0 Å². The summed E-state index contributed by atoms with van der Waals surface area (Å²) in [5.74, 6) is 1.75. The zero-order valence-electron chi connectivity index (χ0n) is 10.4. The largest absolute Gasteiger partial charge is 0.337 e. The van der Waals surface area contributed by atoms with Crippen LogP contribution in [0.4, 0.5) is 5.95 Å². The first-order chi connectivity index (χ1) is 7.63. The molecule has 1 aliphatic rings. The van der Waals surface area contributed by atoms with E-state index in [1.807, 2.05) is 6.92 Å². The molecule has 1 aromatic rings. The van der Waals surface area contributed by atoms with Crippen molar-refractivity contribution in [2.24, 2.45) is 4.99 Å². The first kappa shape index (κ1) is 11.1. The Kier molecular flexibility index (Phi) is 2.69. The second-order valence-corrected chi connectivity index (χ2v) is 4.38. The van der Waals surface area contributed by atoms with E-state index in [4.69, 9.17) is 0 Å². The summed E-state index contributed by atoms with van der Waals surface area (Å²) in [7, 11) is 0. The van der Waals surface area contributed by atoms with Crippen molar-refractivity contribution in [1.82, 2.24) is 19.7 Å². The number of aliphatic imine (C=N–C) groups is 1. The molecule has 2 heterocycles. The third-order valence-electron chi connectivity index (χ3n) is 3.40. The molecular formula is C11H19N5. The number of fused-ring (bicyclic) bond motifs is 1. The van der Waals surface area contributed by atoms with Crippen molar-refractivity contribution in [3.8, 4) is 0 Å². The van der Waals surface area contributed by atoms with E-state index in [1.165, 1.54) is 0 Å². The van der Waals surface area contributed by atoms with Gasteiger partial charge in [0, 0.05) is 6.54 Å². The minimum Gasteiger partial charge on any atom is -0.337 e. The maximum Gasteiger partial charge on any atom is 0.254 e. The summed E-state index contributed by atoms with van der Waals surface area (Å²) in [6.45, 7) is 9.64. The lowest BCUT2D eigenvalue weighted by Crippen LogP contribution is -2.52. The van der Waals surface area contributed by atoms with E-state index in [0.717, 1.165) is 25.2 Å². The number of rotatable bonds is 3. The molecule has 0 saturated carbocycles. The van der Waals surface area contributed by atoms with Gasteiger partial charge in [-0.2, -0.15) is 4.99 Å². The molecule has 0 aromatic carbocycles. The fourth-order valence-electron chi connectivity index (χ4n) is 2.32. The van der Waals surface area contributed by atoms with Crippen LogP contribution in [0.15, 0.2) is 11.3 Å². The molecule has 1 aliphatic heterocycles. The van der Waals surface area contributed by atoms with E-state index in [2.05, 4.69) is 45.4 Å². The quantitative estimate of drug-likeness (QED) is 0.785. The molecule has 1 unspecified atom stereocenters. The summed E-state index contributed by atoms with van der Waals surface area (Å²) in [5, 5.41) is 8.00. The van der Waals surface area contributed by atoms with Gasteiger partial charge in [-0.15, -0.1) is 10.2 Å². The van der Waals surface area contributed by atoms with Crippen molar-refractivity contribution in [3.05, 3.63) is 6.33 Å². The van der Waals surface area contributed by atoms with Crippen LogP contribution in [-0.2, 0) is 5.66 Å². The van der Waals surface area contributed by atoms with E-state index in [-0.39, 0.29) is 5.66 Å². The Bertz CT molecular complexity index is 408. The Morgan fingerprint density at radius 3 is 2.75 bits per heavy atom. The SMILES string of the molecule is CCCN1C(C)=Nc2nncn2C1(C)CC. The minimum absolute atomic E-state index is 0.0827. The first-order valence-corrected chi connectivity index (χ1v) is 5.87. The molecule has 2 rings (SSSR count). The summed E-state index contributed by atoms with van der Waals surface area (Å²) < 4.78 is 2.07. The standard InChI is InChI=1S/C11H19N5/c1-5-7-15-9(3)13-10-14-12-8-16(10)11(15,4)6-2/h8H,5-7H2,1-4H3. The van der Waals surface area contributed by atoms with Crippen LogP contribution in [0.5, 0.6) is 0 Å². The van der Waals surface area contributed by atoms with Crippen LogP contribution in [0.25, 0.3) is 0 Å². The minimum atomic E-state index is -0.0827.